The van der Waals surface area contributed by atoms with Gasteiger partial charge in [-0.3, -0.25) is 4.79 Å². The topological polar surface area (TPSA) is 70.7 Å². The summed E-state index contributed by atoms with van der Waals surface area (Å²) in [6.07, 6.45) is 0. The fourth-order valence-corrected chi connectivity index (χ4v) is 1.75. The van der Waals surface area contributed by atoms with E-state index in [-0.39, 0.29) is 5.91 Å². The Hall–Kier alpha value is -2.08. The van der Waals surface area contributed by atoms with Crippen LogP contribution in [0.4, 0.5) is 11.4 Å². The van der Waals surface area contributed by atoms with Crippen molar-refractivity contribution in [1.29, 1.82) is 0 Å². The van der Waals surface area contributed by atoms with E-state index in [2.05, 4.69) is 10.7 Å². The van der Waals surface area contributed by atoms with Gasteiger partial charge in [0.05, 0.1) is 24.0 Å². The van der Waals surface area contributed by atoms with Crippen LogP contribution in [-0.4, -0.2) is 32.6 Å². The highest BCUT2D eigenvalue weighted by Crippen LogP contribution is 2.23. The molecule has 6 nitrogen and oxygen atoms in total. The van der Waals surface area contributed by atoms with Crippen molar-refractivity contribution >= 4 is 23.3 Å². The van der Waals surface area contributed by atoms with Crippen molar-refractivity contribution in [1.82, 2.24) is 5.43 Å². The summed E-state index contributed by atoms with van der Waals surface area (Å²) in [7, 11) is 3.11. The maximum Gasteiger partial charge on any atom is 0.339 e. The summed E-state index contributed by atoms with van der Waals surface area (Å²) in [5, 5.41) is 4.52. The number of nitrogens with one attached hydrogen (secondary N) is 2. The number of hydrogen-bond acceptors (Lipinski definition) is 5. The van der Waals surface area contributed by atoms with Crippen LogP contribution in [0.2, 0.25) is 0 Å². The van der Waals surface area contributed by atoms with Crippen molar-refractivity contribution in [2.24, 2.45) is 0 Å². The molecule has 0 unspecified atom stereocenters. The number of methoxy groups -OCH3 is 1. The number of amides is 1. The Morgan fingerprint density at radius 2 is 2.05 bits per heavy atom. The minimum absolute atomic E-state index is 0.241. The standard InChI is InChI=1S/C13H19N3O3/c1-5-16(14-3)10-6-7-11(13(18)19-4)12(8-10)15-9(2)17/h6-8,14H,5H2,1-4H3,(H,15,17). The van der Waals surface area contributed by atoms with Gasteiger partial charge in [0.1, 0.15) is 0 Å². The molecule has 0 atom stereocenters. The predicted molar refractivity (Wildman–Crippen MR) is 74.2 cm³/mol. The molecule has 6 heteroatoms. The van der Waals surface area contributed by atoms with Crippen molar-refractivity contribution < 1.29 is 14.3 Å². The molecule has 1 rings (SSSR count). The van der Waals surface area contributed by atoms with Crippen LogP contribution >= 0.6 is 0 Å². The molecule has 2 N–H and O–H groups in total. The highest BCUT2D eigenvalue weighted by molar-refractivity contribution is 6.01. The van der Waals surface area contributed by atoms with Gasteiger partial charge in [-0.25, -0.2) is 10.2 Å². The number of esters is 1. The minimum atomic E-state index is -0.484. The van der Waals surface area contributed by atoms with Crippen molar-refractivity contribution in [2.75, 3.05) is 31.0 Å². The Morgan fingerprint density at radius 3 is 2.53 bits per heavy atom. The molecule has 104 valence electrons. The second-order valence-electron chi connectivity index (χ2n) is 3.87. The molecule has 0 bridgehead atoms. The van der Waals surface area contributed by atoms with Gasteiger partial charge in [-0.2, -0.15) is 0 Å². The molecule has 0 spiro atoms. The fourth-order valence-electron chi connectivity index (χ4n) is 1.75. The number of nitrogens with zero attached hydrogens (tertiary/aromatic N) is 1. The summed E-state index contributed by atoms with van der Waals surface area (Å²) in [4.78, 5) is 22.8. The third-order valence-electron chi connectivity index (χ3n) is 2.62. The van der Waals surface area contributed by atoms with Gasteiger partial charge < -0.3 is 15.1 Å². The zero-order valence-electron chi connectivity index (χ0n) is 11.6. The van der Waals surface area contributed by atoms with Gasteiger partial charge in [0.25, 0.3) is 0 Å². The average Bonchev–Trinajstić information content (AvgIpc) is 2.39. The van der Waals surface area contributed by atoms with Crippen LogP contribution in [0.3, 0.4) is 0 Å². The zero-order valence-corrected chi connectivity index (χ0v) is 11.6. The quantitative estimate of drug-likeness (QED) is 0.622. The summed E-state index contributed by atoms with van der Waals surface area (Å²) < 4.78 is 4.69. The van der Waals surface area contributed by atoms with E-state index in [1.165, 1.54) is 14.0 Å². The van der Waals surface area contributed by atoms with Gasteiger partial charge >= 0.3 is 5.97 Å². The fraction of sp³-hybridized carbons (Fsp3) is 0.385. The molecular weight excluding hydrogens is 246 g/mol. The lowest BCUT2D eigenvalue weighted by molar-refractivity contribution is -0.114. The molecule has 0 aromatic heterocycles. The Balaban J connectivity index is 3.21. The number of hydrogen-bond donors (Lipinski definition) is 2. The van der Waals surface area contributed by atoms with Crippen molar-refractivity contribution in [3.8, 4) is 0 Å². The Kier molecular flexibility index (Phi) is 5.32. The number of hydrazine groups is 1. The largest absolute Gasteiger partial charge is 0.465 e. The minimum Gasteiger partial charge on any atom is -0.465 e. The zero-order chi connectivity index (χ0) is 14.4. The van der Waals surface area contributed by atoms with E-state index in [1.807, 2.05) is 11.9 Å². The lowest BCUT2D eigenvalue weighted by Crippen LogP contribution is -2.34. The number of benzene rings is 1. The molecule has 0 radical (unpaired) electrons. The summed E-state index contributed by atoms with van der Waals surface area (Å²) >= 11 is 0. The number of anilines is 2. The summed E-state index contributed by atoms with van der Waals surface area (Å²) in [6, 6.07) is 5.15. The van der Waals surface area contributed by atoms with E-state index < -0.39 is 5.97 Å². The number of carbonyl (C=O) groups excluding carboxylic acids is 2. The predicted octanol–water partition coefficient (Wildman–Crippen LogP) is 1.39. The first-order valence-corrected chi connectivity index (χ1v) is 5.98. The summed E-state index contributed by atoms with van der Waals surface area (Å²) in [5.41, 5.74) is 4.63. The first-order chi connectivity index (χ1) is 9.03. The summed E-state index contributed by atoms with van der Waals surface area (Å²) in [6.45, 7) is 4.12. The van der Waals surface area contributed by atoms with Gasteiger partial charge in [0, 0.05) is 20.5 Å². The van der Waals surface area contributed by atoms with E-state index >= 15 is 0 Å². The normalized spacial score (nSPS) is 9.89. The van der Waals surface area contributed by atoms with Gasteiger partial charge in [0.2, 0.25) is 5.91 Å². The van der Waals surface area contributed by atoms with Crippen LogP contribution in [0.15, 0.2) is 18.2 Å². The second kappa shape index (κ2) is 6.75. The maximum atomic E-state index is 11.6. The van der Waals surface area contributed by atoms with Crippen LogP contribution in [0.25, 0.3) is 0 Å². The molecule has 0 aliphatic heterocycles. The lowest BCUT2D eigenvalue weighted by atomic mass is 10.1. The second-order valence-corrected chi connectivity index (χ2v) is 3.87. The number of rotatable bonds is 5. The smallest absolute Gasteiger partial charge is 0.339 e. The van der Waals surface area contributed by atoms with Crippen molar-refractivity contribution in [3.63, 3.8) is 0 Å². The number of ether oxygens (including phenoxy) is 1. The van der Waals surface area contributed by atoms with Crippen molar-refractivity contribution in [2.45, 2.75) is 13.8 Å². The van der Waals surface area contributed by atoms with E-state index in [0.717, 1.165) is 12.2 Å². The molecule has 19 heavy (non-hydrogen) atoms. The van der Waals surface area contributed by atoms with E-state index in [4.69, 9.17) is 4.74 Å². The van der Waals surface area contributed by atoms with Crippen LogP contribution in [-0.2, 0) is 9.53 Å². The van der Waals surface area contributed by atoms with Gasteiger partial charge in [-0.05, 0) is 25.1 Å². The molecule has 0 saturated carbocycles. The third-order valence-corrected chi connectivity index (χ3v) is 2.62. The molecule has 0 aliphatic carbocycles. The summed E-state index contributed by atoms with van der Waals surface area (Å²) in [5.74, 6) is -0.724. The van der Waals surface area contributed by atoms with Crippen LogP contribution in [0.1, 0.15) is 24.2 Å². The first kappa shape index (κ1) is 15.0. The Bertz CT molecular complexity index is 470. The molecule has 0 fully saturated rings. The monoisotopic (exact) mass is 265 g/mol. The molecular formula is C13H19N3O3. The highest BCUT2D eigenvalue weighted by Gasteiger charge is 2.15. The first-order valence-electron chi connectivity index (χ1n) is 5.98. The van der Waals surface area contributed by atoms with Crippen LogP contribution < -0.4 is 15.8 Å². The van der Waals surface area contributed by atoms with Crippen LogP contribution in [0.5, 0.6) is 0 Å². The molecule has 0 aliphatic rings. The lowest BCUT2D eigenvalue weighted by Gasteiger charge is -2.22. The highest BCUT2D eigenvalue weighted by atomic mass is 16.5. The average molecular weight is 265 g/mol. The van der Waals surface area contributed by atoms with Crippen LogP contribution in [0, 0.1) is 0 Å². The van der Waals surface area contributed by atoms with Gasteiger partial charge in [-0.1, -0.05) is 0 Å². The maximum absolute atomic E-state index is 11.6. The molecule has 1 aromatic rings. The number of carbonyl (C=O) groups is 2. The third kappa shape index (κ3) is 3.69. The van der Waals surface area contributed by atoms with Gasteiger partial charge in [-0.15, -0.1) is 0 Å². The van der Waals surface area contributed by atoms with Gasteiger partial charge in [0.15, 0.2) is 0 Å². The SMILES string of the molecule is CCN(NC)c1ccc(C(=O)OC)c(NC(C)=O)c1. The Labute approximate surface area is 112 Å². The van der Waals surface area contributed by atoms with E-state index in [1.54, 1.807) is 25.2 Å². The van der Waals surface area contributed by atoms with Crippen molar-refractivity contribution in [3.05, 3.63) is 23.8 Å². The molecule has 0 saturated heterocycles. The molecule has 1 amide bonds. The Morgan fingerprint density at radius 1 is 1.37 bits per heavy atom. The molecule has 0 heterocycles. The van der Waals surface area contributed by atoms with E-state index in [9.17, 15) is 9.59 Å². The van der Waals surface area contributed by atoms with E-state index in [0.29, 0.717) is 11.3 Å². The molecule has 1 aromatic carbocycles.